The third-order valence-electron chi connectivity index (χ3n) is 4.28. The van der Waals surface area contributed by atoms with Gasteiger partial charge in [-0.25, -0.2) is 4.39 Å². The van der Waals surface area contributed by atoms with Crippen molar-refractivity contribution in [1.82, 2.24) is 0 Å². The topological polar surface area (TPSA) is 35.2 Å². The van der Waals surface area contributed by atoms with Gasteiger partial charge < -0.3 is 10.5 Å². The SMILES string of the molecule is NCC(Cc1ccc(F)cc1)c1ccc(OCc2ccccc2)cc1. The zero-order chi connectivity index (χ0) is 17.5. The van der Waals surface area contributed by atoms with Crippen LogP contribution in [0.25, 0.3) is 0 Å². The number of ether oxygens (including phenoxy) is 1. The van der Waals surface area contributed by atoms with Crippen molar-refractivity contribution in [2.24, 2.45) is 5.73 Å². The molecule has 0 fully saturated rings. The molecule has 0 aliphatic heterocycles. The fourth-order valence-electron chi connectivity index (χ4n) is 2.82. The van der Waals surface area contributed by atoms with E-state index in [1.807, 2.05) is 54.6 Å². The highest BCUT2D eigenvalue weighted by molar-refractivity contribution is 5.31. The number of hydrogen-bond acceptors (Lipinski definition) is 2. The lowest BCUT2D eigenvalue weighted by Gasteiger charge is -2.16. The van der Waals surface area contributed by atoms with Crippen LogP contribution < -0.4 is 10.5 Å². The van der Waals surface area contributed by atoms with Crippen LogP contribution in [0.15, 0.2) is 78.9 Å². The summed E-state index contributed by atoms with van der Waals surface area (Å²) in [6, 6.07) is 24.8. The standard InChI is InChI=1S/C22H22FNO/c23-21-10-6-17(7-11-21)14-20(15-24)19-8-12-22(13-9-19)25-16-18-4-2-1-3-5-18/h1-13,20H,14-16,24H2. The Hall–Kier alpha value is -2.65. The second-order valence-electron chi connectivity index (χ2n) is 6.11. The zero-order valence-electron chi connectivity index (χ0n) is 14.1. The van der Waals surface area contributed by atoms with Crippen LogP contribution >= 0.6 is 0 Å². The molecule has 0 saturated heterocycles. The largest absolute Gasteiger partial charge is 0.489 e. The van der Waals surface area contributed by atoms with Crippen LogP contribution in [0, 0.1) is 5.82 Å². The summed E-state index contributed by atoms with van der Waals surface area (Å²) < 4.78 is 18.8. The van der Waals surface area contributed by atoms with Crippen molar-refractivity contribution in [3.05, 3.63) is 101 Å². The molecule has 1 unspecified atom stereocenters. The fourth-order valence-corrected chi connectivity index (χ4v) is 2.82. The Labute approximate surface area is 148 Å². The van der Waals surface area contributed by atoms with E-state index in [2.05, 4.69) is 12.1 Å². The van der Waals surface area contributed by atoms with Crippen LogP contribution in [0.2, 0.25) is 0 Å². The molecule has 0 amide bonds. The lowest BCUT2D eigenvalue weighted by molar-refractivity contribution is 0.306. The van der Waals surface area contributed by atoms with Crippen LogP contribution in [-0.2, 0) is 13.0 Å². The molecule has 1 atom stereocenters. The van der Waals surface area contributed by atoms with Crippen molar-refractivity contribution >= 4 is 0 Å². The van der Waals surface area contributed by atoms with Gasteiger partial charge >= 0.3 is 0 Å². The maximum atomic E-state index is 13.0. The zero-order valence-corrected chi connectivity index (χ0v) is 14.1. The molecule has 25 heavy (non-hydrogen) atoms. The summed E-state index contributed by atoms with van der Waals surface area (Å²) in [6.45, 7) is 1.09. The highest BCUT2D eigenvalue weighted by Gasteiger charge is 2.11. The second-order valence-corrected chi connectivity index (χ2v) is 6.11. The van der Waals surface area contributed by atoms with E-state index in [0.717, 1.165) is 23.3 Å². The van der Waals surface area contributed by atoms with E-state index in [4.69, 9.17) is 10.5 Å². The molecule has 2 nitrogen and oxygen atoms in total. The van der Waals surface area contributed by atoms with Crippen molar-refractivity contribution < 1.29 is 9.13 Å². The second kappa shape index (κ2) is 8.45. The van der Waals surface area contributed by atoms with Gasteiger partial charge in [0.05, 0.1) is 0 Å². The summed E-state index contributed by atoms with van der Waals surface area (Å²) >= 11 is 0. The van der Waals surface area contributed by atoms with Crippen LogP contribution in [0.4, 0.5) is 4.39 Å². The molecule has 0 saturated carbocycles. The van der Waals surface area contributed by atoms with Gasteiger partial charge in [0.15, 0.2) is 0 Å². The summed E-state index contributed by atoms with van der Waals surface area (Å²) in [5.74, 6) is 0.826. The van der Waals surface area contributed by atoms with Gasteiger partial charge in [0, 0.05) is 5.92 Å². The summed E-state index contributed by atoms with van der Waals surface area (Å²) in [7, 11) is 0. The lowest BCUT2D eigenvalue weighted by atomic mass is 9.92. The molecule has 0 aliphatic carbocycles. The van der Waals surface area contributed by atoms with Gasteiger partial charge in [-0.1, -0.05) is 54.6 Å². The van der Waals surface area contributed by atoms with E-state index >= 15 is 0 Å². The molecule has 0 aromatic heterocycles. The van der Waals surface area contributed by atoms with Gasteiger partial charge in [-0.3, -0.25) is 0 Å². The summed E-state index contributed by atoms with van der Waals surface area (Å²) in [4.78, 5) is 0. The molecule has 128 valence electrons. The fraction of sp³-hybridized carbons (Fsp3) is 0.182. The van der Waals surface area contributed by atoms with Gasteiger partial charge in [-0.05, 0) is 53.9 Å². The molecule has 0 spiro atoms. The third-order valence-corrected chi connectivity index (χ3v) is 4.28. The Morgan fingerprint density at radius 1 is 0.800 bits per heavy atom. The molecule has 3 rings (SSSR count). The first-order valence-electron chi connectivity index (χ1n) is 8.46. The monoisotopic (exact) mass is 335 g/mol. The summed E-state index contributed by atoms with van der Waals surface area (Å²) in [6.07, 6.45) is 0.793. The first-order valence-corrected chi connectivity index (χ1v) is 8.46. The van der Waals surface area contributed by atoms with Crippen LogP contribution in [0.1, 0.15) is 22.6 Å². The first-order chi connectivity index (χ1) is 12.2. The first kappa shape index (κ1) is 17.2. The van der Waals surface area contributed by atoms with Crippen molar-refractivity contribution in [3.8, 4) is 5.75 Å². The van der Waals surface area contributed by atoms with Gasteiger partial charge in [-0.2, -0.15) is 0 Å². The van der Waals surface area contributed by atoms with E-state index in [0.29, 0.717) is 13.2 Å². The maximum absolute atomic E-state index is 13.0. The average Bonchev–Trinajstić information content (AvgIpc) is 2.67. The minimum Gasteiger partial charge on any atom is -0.489 e. The predicted molar refractivity (Wildman–Crippen MR) is 99.1 cm³/mol. The van der Waals surface area contributed by atoms with E-state index in [1.165, 1.54) is 17.7 Å². The summed E-state index contributed by atoms with van der Waals surface area (Å²) in [5.41, 5.74) is 9.34. The Morgan fingerprint density at radius 2 is 1.48 bits per heavy atom. The van der Waals surface area contributed by atoms with Crippen LogP contribution in [0.3, 0.4) is 0 Å². The molecular formula is C22H22FNO. The smallest absolute Gasteiger partial charge is 0.123 e. The molecule has 0 radical (unpaired) electrons. The number of halogens is 1. The molecule has 3 aromatic carbocycles. The highest BCUT2D eigenvalue weighted by atomic mass is 19.1. The Balaban J connectivity index is 1.62. The number of benzene rings is 3. The lowest BCUT2D eigenvalue weighted by Crippen LogP contribution is -2.15. The van der Waals surface area contributed by atoms with Crippen LogP contribution in [-0.4, -0.2) is 6.54 Å². The molecule has 0 heterocycles. The van der Waals surface area contributed by atoms with Crippen molar-refractivity contribution in [3.63, 3.8) is 0 Å². The average molecular weight is 335 g/mol. The molecule has 3 heteroatoms. The normalized spacial score (nSPS) is 11.9. The molecule has 0 aliphatic rings. The quantitative estimate of drug-likeness (QED) is 0.680. The third kappa shape index (κ3) is 4.91. The Kier molecular flexibility index (Phi) is 5.81. The van der Waals surface area contributed by atoms with E-state index in [1.54, 1.807) is 0 Å². The Bertz CT molecular complexity index is 769. The maximum Gasteiger partial charge on any atom is 0.123 e. The van der Waals surface area contributed by atoms with Gasteiger partial charge in [0.1, 0.15) is 18.2 Å². The van der Waals surface area contributed by atoms with Crippen molar-refractivity contribution in [1.29, 1.82) is 0 Å². The van der Waals surface area contributed by atoms with Crippen LogP contribution in [0.5, 0.6) is 5.75 Å². The minimum absolute atomic E-state index is 0.202. The Morgan fingerprint density at radius 3 is 2.12 bits per heavy atom. The molecule has 2 N–H and O–H groups in total. The van der Waals surface area contributed by atoms with Gasteiger partial charge in [0.2, 0.25) is 0 Å². The van der Waals surface area contributed by atoms with E-state index < -0.39 is 0 Å². The van der Waals surface area contributed by atoms with E-state index in [-0.39, 0.29) is 11.7 Å². The number of rotatable bonds is 7. The van der Waals surface area contributed by atoms with Gasteiger partial charge in [-0.15, -0.1) is 0 Å². The predicted octanol–water partition coefficient (Wildman–Crippen LogP) is 4.69. The number of hydrogen-bond donors (Lipinski definition) is 1. The molecule has 3 aromatic rings. The highest BCUT2D eigenvalue weighted by Crippen LogP contribution is 2.23. The van der Waals surface area contributed by atoms with Crippen molar-refractivity contribution in [2.45, 2.75) is 18.9 Å². The summed E-state index contributed by atoms with van der Waals surface area (Å²) in [5, 5.41) is 0. The number of nitrogens with two attached hydrogens (primary N) is 1. The molecule has 0 bridgehead atoms. The van der Waals surface area contributed by atoms with E-state index in [9.17, 15) is 4.39 Å². The molecular weight excluding hydrogens is 313 g/mol. The van der Waals surface area contributed by atoms with Gasteiger partial charge in [0.25, 0.3) is 0 Å². The minimum atomic E-state index is -0.215. The van der Waals surface area contributed by atoms with Crippen molar-refractivity contribution in [2.75, 3.05) is 6.54 Å².